The number of ether oxygens (including phenoxy) is 1. The Morgan fingerprint density at radius 3 is 3.00 bits per heavy atom. The highest BCUT2D eigenvalue weighted by atomic mass is 32.2. The fourth-order valence-electron chi connectivity index (χ4n) is 1.22. The van der Waals surface area contributed by atoms with E-state index in [0.717, 1.165) is 29.0 Å². The Morgan fingerprint density at radius 1 is 1.65 bits per heavy atom. The van der Waals surface area contributed by atoms with Crippen LogP contribution in [0.2, 0.25) is 0 Å². The number of thioether (sulfide) groups is 2. The molecule has 0 amide bonds. The summed E-state index contributed by atoms with van der Waals surface area (Å²) in [7, 11) is 0. The second-order valence-electron chi connectivity index (χ2n) is 3.59. The van der Waals surface area contributed by atoms with E-state index in [-0.39, 0.29) is 11.9 Å². The molecule has 7 heteroatoms. The van der Waals surface area contributed by atoms with Crippen molar-refractivity contribution in [1.29, 1.82) is 0 Å². The van der Waals surface area contributed by atoms with Crippen molar-refractivity contribution in [2.75, 3.05) is 17.3 Å². The van der Waals surface area contributed by atoms with Crippen molar-refractivity contribution in [3.63, 3.8) is 0 Å². The maximum absolute atomic E-state index is 10.5. The molecule has 0 saturated carbocycles. The SMILES string of the molecule is Cc1cc(OC2CSC2)nc(SCC(=O)O)n1. The minimum absolute atomic E-state index is 0.0395. The van der Waals surface area contributed by atoms with E-state index >= 15 is 0 Å². The number of nitrogens with zero attached hydrogens (tertiary/aromatic N) is 2. The summed E-state index contributed by atoms with van der Waals surface area (Å²) < 4.78 is 5.65. The quantitative estimate of drug-likeness (QED) is 0.642. The van der Waals surface area contributed by atoms with Gasteiger partial charge in [0.2, 0.25) is 5.88 Å². The fraction of sp³-hybridized carbons (Fsp3) is 0.500. The van der Waals surface area contributed by atoms with E-state index in [1.807, 2.05) is 18.7 Å². The summed E-state index contributed by atoms with van der Waals surface area (Å²) in [6.07, 6.45) is 0.228. The Balaban J connectivity index is 2.02. The molecular formula is C10H12N2O3S2. The Hall–Kier alpha value is -0.950. The lowest BCUT2D eigenvalue weighted by molar-refractivity contribution is -0.133. The van der Waals surface area contributed by atoms with Gasteiger partial charge >= 0.3 is 5.97 Å². The number of hydrogen-bond donors (Lipinski definition) is 1. The summed E-state index contributed by atoms with van der Waals surface area (Å²) in [4.78, 5) is 18.8. The van der Waals surface area contributed by atoms with Crippen LogP contribution >= 0.6 is 23.5 Å². The molecule has 0 aromatic carbocycles. The second-order valence-corrected chi connectivity index (χ2v) is 5.61. The van der Waals surface area contributed by atoms with E-state index < -0.39 is 5.97 Å². The number of aryl methyl sites for hydroxylation is 1. The number of hydrogen-bond acceptors (Lipinski definition) is 6. The highest BCUT2D eigenvalue weighted by Gasteiger charge is 2.20. The molecule has 5 nitrogen and oxygen atoms in total. The van der Waals surface area contributed by atoms with Gasteiger partial charge in [0.25, 0.3) is 0 Å². The molecule has 0 atom stereocenters. The third kappa shape index (κ3) is 3.78. The Kier molecular flexibility index (Phi) is 4.11. The minimum atomic E-state index is -0.877. The highest BCUT2D eigenvalue weighted by molar-refractivity contribution is 8.00. The van der Waals surface area contributed by atoms with Gasteiger partial charge in [-0.05, 0) is 6.92 Å². The van der Waals surface area contributed by atoms with Gasteiger partial charge in [0.15, 0.2) is 5.16 Å². The lowest BCUT2D eigenvalue weighted by Gasteiger charge is -2.25. The maximum atomic E-state index is 10.5. The Bertz CT molecular complexity index is 424. The van der Waals surface area contributed by atoms with Gasteiger partial charge in [-0.25, -0.2) is 4.98 Å². The zero-order valence-electron chi connectivity index (χ0n) is 9.25. The number of rotatable bonds is 5. The summed E-state index contributed by atoms with van der Waals surface area (Å²) in [5, 5.41) is 9.05. The van der Waals surface area contributed by atoms with E-state index in [9.17, 15) is 4.79 Å². The van der Waals surface area contributed by atoms with Crippen LogP contribution in [0.3, 0.4) is 0 Å². The van der Waals surface area contributed by atoms with Gasteiger partial charge in [-0.1, -0.05) is 11.8 Å². The minimum Gasteiger partial charge on any atom is -0.481 e. The first-order valence-electron chi connectivity index (χ1n) is 5.08. The van der Waals surface area contributed by atoms with Crippen LogP contribution in [0, 0.1) is 6.92 Å². The van der Waals surface area contributed by atoms with Gasteiger partial charge in [-0.3, -0.25) is 4.79 Å². The maximum Gasteiger partial charge on any atom is 0.313 e. The molecule has 2 rings (SSSR count). The molecule has 1 aliphatic rings. The molecule has 92 valence electrons. The molecule has 1 aromatic rings. The molecule has 0 spiro atoms. The average molecular weight is 272 g/mol. The zero-order valence-corrected chi connectivity index (χ0v) is 10.9. The van der Waals surface area contributed by atoms with Crippen LogP contribution in [0.25, 0.3) is 0 Å². The van der Waals surface area contributed by atoms with Crippen molar-refractivity contribution in [1.82, 2.24) is 9.97 Å². The lowest BCUT2D eigenvalue weighted by Crippen LogP contribution is -2.31. The van der Waals surface area contributed by atoms with Crippen LogP contribution in [0.5, 0.6) is 5.88 Å². The Morgan fingerprint density at radius 2 is 2.41 bits per heavy atom. The van der Waals surface area contributed by atoms with Gasteiger partial charge < -0.3 is 9.84 Å². The molecule has 0 aliphatic carbocycles. The van der Waals surface area contributed by atoms with Crippen molar-refractivity contribution in [3.05, 3.63) is 11.8 Å². The fourth-order valence-corrected chi connectivity index (χ4v) is 2.40. The monoisotopic (exact) mass is 272 g/mol. The van der Waals surface area contributed by atoms with Crippen molar-refractivity contribution >= 4 is 29.5 Å². The highest BCUT2D eigenvalue weighted by Crippen LogP contribution is 2.24. The standard InChI is InChI=1S/C10H12N2O3S2/c1-6-2-8(15-7-3-16-4-7)12-10(11-6)17-5-9(13)14/h2,7H,3-5H2,1H3,(H,13,14). The molecule has 17 heavy (non-hydrogen) atoms. The first-order chi connectivity index (χ1) is 8.13. The number of carboxylic acid groups (broad SMARTS) is 1. The molecule has 1 N–H and O–H groups in total. The van der Waals surface area contributed by atoms with Crippen LogP contribution in [-0.2, 0) is 4.79 Å². The summed E-state index contributed by atoms with van der Waals surface area (Å²) in [6.45, 7) is 1.84. The predicted molar refractivity (Wildman–Crippen MR) is 66.9 cm³/mol. The molecule has 0 bridgehead atoms. The molecule has 2 heterocycles. The number of carbonyl (C=O) groups is 1. The zero-order chi connectivity index (χ0) is 12.3. The second kappa shape index (κ2) is 5.59. The molecule has 0 unspecified atom stereocenters. The van der Waals surface area contributed by atoms with Crippen LogP contribution in [-0.4, -0.2) is 44.4 Å². The van der Waals surface area contributed by atoms with E-state index in [1.54, 1.807) is 6.07 Å². The largest absolute Gasteiger partial charge is 0.481 e. The smallest absolute Gasteiger partial charge is 0.313 e. The van der Waals surface area contributed by atoms with Gasteiger partial charge in [0.05, 0.1) is 5.75 Å². The van der Waals surface area contributed by atoms with Crippen molar-refractivity contribution in [2.24, 2.45) is 0 Å². The third-order valence-electron chi connectivity index (χ3n) is 2.03. The van der Waals surface area contributed by atoms with E-state index in [0.29, 0.717) is 11.0 Å². The topological polar surface area (TPSA) is 72.3 Å². The van der Waals surface area contributed by atoms with E-state index in [1.165, 1.54) is 0 Å². The van der Waals surface area contributed by atoms with E-state index in [2.05, 4.69) is 9.97 Å². The number of aromatic nitrogens is 2. The summed E-state index contributed by atoms with van der Waals surface area (Å²) in [5.41, 5.74) is 0.787. The molecule has 1 aliphatic heterocycles. The molecule has 0 radical (unpaired) electrons. The van der Waals surface area contributed by atoms with Gasteiger partial charge in [-0.15, -0.1) is 0 Å². The summed E-state index contributed by atoms with van der Waals surface area (Å²) in [6, 6.07) is 1.77. The Labute approximate surface area is 107 Å². The molecule has 1 saturated heterocycles. The van der Waals surface area contributed by atoms with Crippen molar-refractivity contribution < 1.29 is 14.6 Å². The first-order valence-corrected chi connectivity index (χ1v) is 7.22. The van der Waals surface area contributed by atoms with Crippen LogP contribution in [0.4, 0.5) is 0 Å². The van der Waals surface area contributed by atoms with Crippen molar-refractivity contribution in [3.8, 4) is 5.88 Å². The number of carboxylic acids is 1. The van der Waals surface area contributed by atoms with Crippen LogP contribution < -0.4 is 4.74 Å². The predicted octanol–water partition coefficient (Wildman–Crippen LogP) is 1.46. The van der Waals surface area contributed by atoms with Crippen molar-refractivity contribution in [2.45, 2.75) is 18.2 Å². The summed E-state index contributed by atoms with van der Waals surface area (Å²) >= 11 is 2.94. The van der Waals surface area contributed by atoms with E-state index in [4.69, 9.17) is 9.84 Å². The van der Waals surface area contributed by atoms with Crippen LogP contribution in [0.15, 0.2) is 11.2 Å². The van der Waals surface area contributed by atoms with Gasteiger partial charge in [0.1, 0.15) is 6.10 Å². The van der Waals surface area contributed by atoms with Gasteiger partial charge in [-0.2, -0.15) is 16.7 Å². The first kappa shape index (κ1) is 12.5. The molecule has 1 aromatic heterocycles. The molecular weight excluding hydrogens is 260 g/mol. The van der Waals surface area contributed by atoms with Crippen LogP contribution in [0.1, 0.15) is 5.69 Å². The summed E-state index contributed by atoms with van der Waals surface area (Å²) in [5.74, 6) is 1.59. The third-order valence-corrected chi connectivity index (χ3v) is 4.08. The normalized spacial score (nSPS) is 15.4. The van der Waals surface area contributed by atoms with Gasteiger partial charge in [0, 0.05) is 23.3 Å². The average Bonchev–Trinajstić information content (AvgIpc) is 2.20. The molecule has 1 fully saturated rings. The number of aliphatic carboxylic acids is 1. The lowest BCUT2D eigenvalue weighted by atomic mass is 10.4.